The van der Waals surface area contributed by atoms with Crippen LogP contribution >= 0.6 is 43.3 Å². The number of aryl methyl sites for hydroxylation is 1. The molecule has 0 aliphatic carbocycles. The van der Waals surface area contributed by atoms with E-state index in [1.807, 2.05) is 12.1 Å². The molecule has 1 unspecified atom stereocenters. The molecule has 0 saturated heterocycles. The first-order valence-corrected chi connectivity index (χ1v) is 10.1. The van der Waals surface area contributed by atoms with Crippen LogP contribution in [0.1, 0.15) is 23.6 Å². The summed E-state index contributed by atoms with van der Waals surface area (Å²) in [7, 11) is 0. The maximum atomic E-state index is 5.80. The Kier molecular flexibility index (Phi) is 4.30. The molecule has 3 rings (SSSR count). The van der Waals surface area contributed by atoms with Crippen LogP contribution in [0.15, 0.2) is 42.5 Å². The Hall–Kier alpha value is -0.630. The van der Waals surface area contributed by atoms with Gasteiger partial charge in [-0.2, -0.15) is 0 Å². The van der Waals surface area contributed by atoms with Crippen molar-refractivity contribution in [1.82, 2.24) is 0 Å². The normalized spacial score (nSPS) is 17.5. The van der Waals surface area contributed by atoms with Gasteiger partial charge in [0.15, 0.2) is 0 Å². The molecule has 2 aromatic rings. The molecule has 2 nitrogen and oxygen atoms in total. The molecule has 0 amide bonds. The summed E-state index contributed by atoms with van der Waals surface area (Å²) in [5.74, 6) is 0. The predicted molar refractivity (Wildman–Crippen MR) is 105 cm³/mol. The van der Waals surface area contributed by atoms with Gasteiger partial charge in [-0.15, -0.1) is 0 Å². The highest BCUT2D eigenvalue weighted by Crippen LogP contribution is 2.36. The Morgan fingerprint density at radius 2 is 1.95 bits per heavy atom. The molecule has 1 heterocycles. The topological polar surface area (TPSA) is 38.0 Å². The highest BCUT2D eigenvalue weighted by molar-refractivity contribution is 14.2. The summed E-state index contributed by atoms with van der Waals surface area (Å²) < 4.78 is 2.05. The number of alkyl halides is 2. The maximum absolute atomic E-state index is 5.80. The van der Waals surface area contributed by atoms with Gasteiger partial charge in [0, 0.05) is 20.4 Å². The van der Waals surface area contributed by atoms with Crippen LogP contribution in [0.2, 0.25) is 0 Å². The lowest BCUT2D eigenvalue weighted by Crippen LogP contribution is -2.17. The number of nitrogen functional groups attached to an aromatic ring is 1. The van der Waals surface area contributed by atoms with Crippen LogP contribution in [0.4, 0.5) is 11.4 Å². The Labute approximate surface area is 143 Å². The molecule has 0 aromatic heterocycles. The van der Waals surface area contributed by atoms with Crippen molar-refractivity contribution in [3.63, 3.8) is 0 Å². The third-order valence-corrected chi connectivity index (χ3v) is 7.94. The summed E-state index contributed by atoms with van der Waals surface area (Å²) in [6.07, 6.45) is 1.08. The second-order valence-electron chi connectivity index (χ2n) is 4.72. The zero-order valence-corrected chi connectivity index (χ0v) is 15.5. The van der Waals surface area contributed by atoms with Crippen LogP contribution < -0.4 is 11.1 Å². The smallest absolute Gasteiger partial charge is 0.126 e. The largest absolute Gasteiger partial charge is 0.399 e. The van der Waals surface area contributed by atoms with E-state index in [9.17, 15) is 0 Å². The average Bonchev–Trinajstić information content (AvgIpc) is 2.46. The molecule has 1 aliphatic rings. The van der Waals surface area contributed by atoms with Crippen molar-refractivity contribution in [2.75, 3.05) is 11.1 Å². The minimum Gasteiger partial charge on any atom is -0.399 e. The number of nitrogens with two attached hydrogens (primary N) is 1. The van der Waals surface area contributed by atoms with E-state index in [1.165, 1.54) is 25.9 Å². The van der Waals surface area contributed by atoms with Crippen molar-refractivity contribution in [3.8, 4) is 0 Å². The third-order valence-electron chi connectivity index (χ3n) is 3.36. The Balaban J connectivity index is 2.10. The van der Waals surface area contributed by atoms with Crippen LogP contribution in [0.25, 0.3) is 0 Å². The minimum absolute atomic E-state index is 0.0545. The van der Waals surface area contributed by atoms with Crippen molar-refractivity contribution in [2.45, 2.75) is 15.4 Å². The molecule has 0 bridgehead atoms. The van der Waals surface area contributed by atoms with Crippen LogP contribution in [0.5, 0.6) is 0 Å². The summed E-state index contributed by atoms with van der Waals surface area (Å²) >= 11 is 2.46. The van der Waals surface area contributed by atoms with Gasteiger partial charge in [0.2, 0.25) is 0 Å². The van der Waals surface area contributed by atoms with Crippen molar-refractivity contribution in [1.29, 1.82) is 0 Å². The molecule has 2 aromatic carbocycles. The Morgan fingerprint density at radius 1 is 1.20 bits per heavy atom. The van der Waals surface area contributed by atoms with Crippen molar-refractivity contribution in [2.24, 2.45) is 0 Å². The van der Waals surface area contributed by atoms with Crippen LogP contribution in [0, 0.1) is 0 Å². The second kappa shape index (κ2) is 6.01. The molecular weight excluding hydrogens is 474 g/mol. The van der Waals surface area contributed by atoms with Crippen molar-refractivity contribution < 1.29 is 0 Å². The molecule has 20 heavy (non-hydrogen) atoms. The molecule has 3 N–H and O–H groups in total. The van der Waals surface area contributed by atoms with Crippen LogP contribution in [-0.2, 0) is 6.42 Å². The number of hydrogen-bond donors (Lipinski definition) is 2. The first-order valence-electron chi connectivity index (χ1n) is 6.57. The molecule has 1 aliphatic heterocycles. The molecule has 0 radical (unpaired) electrons. The zero-order valence-electron chi connectivity index (χ0n) is 11.2. The summed E-state index contributed by atoms with van der Waals surface area (Å²) in [5.41, 5.74) is 12.0. The highest BCUT2D eigenvalue weighted by Gasteiger charge is 2.19. The SMILES string of the molecule is CCc1ccc2c(c1)NC(I)I=C2c1ccc(N)cc1. The standard InChI is InChI=1S/C16H16I2N2/c1-2-10-3-8-13-14(9-10)20-16(17)18-15(13)11-4-6-12(19)7-5-11/h3-9,16,20H,2,19H2,1H3. The Morgan fingerprint density at radius 3 is 2.65 bits per heavy atom. The van der Waals surface area contributed by atoms with E-state index in [4.69, 9.17) is 5.73 Å². The van der Waals surface area contributed by atoms with Crippen LogP contribution in [-0.4, -0.2) is 5.56 Å². The van der Waals surface area contributed by atoms with Gasteiger partial charge in [0.05, 0.1) is 0 Å². The van der Waals surface area contributed by atoms with Crippen molar-refractivity contribution >= 4 is 58.2 Å². The molecule has 4 heteroatoms. The summed E-state index contributed by atoms with van der Waals surface area (Å²) in [6.45, 7) is 2.20. The summed E-state index contributed by atoms with van der Waals surface area (Å²) in [5, 5.41) is 3.64. The number of anilines is 2. The number of hydrogen-bond acceptors (Lipinski definition) is 2. The fraction of sp³-hybridized carbons (Fsp3) is 0.188. The third kappa shape index (κ3) is 2.86. The quantitative estimate of drug-likeness (QED) is 0.282. The fourth-order valence-electron chi connectivity index (χ4n) is 2.27. The van der Waals surface area contributed by atoms with E-state index in [1.54, 1.807) is 0 Å². The molecule has 104 valence electrons. The first kappa shape index (κ1) is 14.3. The highest BCUT2D eigenvalue weighted by atomic mass is 127. The van der Waals surface area contributed by atoms with Gasteiger partial charge in [0.25, 0.3) is 0 Å². The molecule has 1 atom stereocenters. The zero-order chi connectivity index (χ0) is 14.1. The van der Waals surface area contributed by atoms with Gasteiger partial charge >= 0.3 is 0 Å². The van der Waals surface area contributed by atoms with E-state index in [0.717, 1.165) is 12.1 Å². The molecule has 0 saturated carbocycles. The number of benzene rings is 2. The van der Waals surface area contributed by atoms with E-state index in [2.05, 4.69) is 65.2 Å². The number of rotatable bonds is 2. The monoisotopic (exact) mass is 490 g/mol. The van der Waals surface area contributed by atoms with Gasteiger partial charge in [-0.1, -0.05) is 51.9 Å². The van der Waals surface area contributed by atoms with Gasteiger partial charge in [-0.25, -0.2) is 0 Å². The predicted octanol–water partition coefficient (Wildman–Crippen LogP) is 4.51. The summed E-state index contributed by atoms with van der Waals surface area (Å²) in [4.78, 5) is 0. The second-order valence-corrected chi connectivity index (χ2v) is 11.3. The van der Waals surface area contributed by atoms with Gasteiger partial charge in [-0.05, 0) is 58.3 Å². The van der Waals surface area contributed by atoms with Crippen LogP contribution in [0.3, 0.4) is 0 Å². The fourth-order valence-corrected chi connectivity index (χ4v) is 6.75. The van der Waals surface area contributed by atoms with E-state index in [0.29, 0.717) is 2.06 Å². The Bertz CT molecular complexity index is 663. The first-order chi connectivity index (χ1) is 9.67. The molecule has 0 spiro atoms. The van der Waals surface area contributed by atoms with E-state index < -0.39 is 0 Å². The van der Waals surface area contributed by atoms with Crippen molar-refractivity contribution in [3.05, 3.63) is 59.2 Å². The minimum atomic E-state index is -0.0545. The van der Waals surface area contributed by atoms with Gasteiger partial charge < -0.3 is 11.1 Å². The van der Waals surface area contributed by atoms with Gasteiger partial charge in [-0.3, -0.25) is 0 Å². The van der Waals surface area contributed by atoms with Gasteiger partial charge in [0.1, 0.15) is 2.06 Å². The lowest BCUT2D eigenvalue weighted by Gasteiger charge is -2.23. The number of nitrogens with one attached hydrogen (secondary N) is 1. The lowest BCUT2D eigenvalue weighted by atomic mass is 10.0. The number of halogens is 2. The summed E-state index contributed by atoms with van der Waals surface area (Å²) in [6, 6.07) is 15.1. The average molecular weight is 490 g/mol. The number of fused-ring (bicyclic) bond motifs is 1. The molecule has 0 fully saturated rings. The lowest BCUT2D eigenvalue weighted by molar-refractivity contribution is 1.14. The molecular formula is C16H16I2N2. The van der Waals surface area contributed by atoms with E-state index in [-0.39, 0.29) is 20.7 Å². The maximum Gasteiger partial charge on any atom is 0.126 e. The van der Waals surface area contributed by atoms with E-state index >= 15 is 0 Å².